The average Bonchev–Trinajstić information content (AvgIpc) is 3.97. The van der Waals surface area contributed by atoms with Gasteiger partial charge in [0, 0.05) is 19.3 Å². The molecule has 0 aromatic carbocycles. The highest BCUT2D eigenvalue weighted by atomic mass is 16.5. The van der Waals surface area contributed by atoms with E-state index in [1.165, 1.54) is 6.42 Å². The molecule has 86 heavy (non-hydrogen) atoms. The highest BCUT2D eigenvalue weighted by molar-refractivity contribution is 5.02. The van der Waals surface area contributed by atoms with Crippen LogP contribution in [0.2, 0.25) is 0 Å². The van der Waals surface area contributed by atoms with Gasteiger partial charge in [0.15, 0.2) is 0 Å². The Balaban J connectivity index is 1.35. The fourth-order valence-electron chi connectivity index (χ4n) is 12.3. The molecule has 20 unspecified atom stereocenters. The van der Waals surface area contributed by atoms with Crippen molar-refractivity contribution in [1.29, 1.82) is 0 Å². The lowest BCUT2D eigenvalue weighted by Crippen LogP contribution is -2.59. The van der Waals surface area contributed by atoms with Gasteiger partial charge < -0.3 is 121 Å². The molecule has 506 valence electrons. The first-order valence-electron chi connectivity index (χ1n) is 31.7. The molecule has 24 heteroatoms. The predicted octanol–water partition coefficient (Wildman–Crippen LogP) is -1.04. The second-order valence-corrected chi connectivity index (χ2v) is 25.5. The van der Waals surface area contributed by atoms with Gasteiger partial charge in [0.25, 0.3) is 0 Å². The van der Waals surface area contributed by atoms with E-state index in [0.29, 0.717) is 37.2 Å². The van der Waals surface area contributed by atoms with Crippen LogP contribution in [0.3, 0.4) is 0 Å². The third-order valence-electron chi connectivity index (χ3n) is 17.3. The predicted molar refractivity (Wildman–Crippen MR) is 315 cm³/mol. The van der Waals surface area contributed by atoms with Crippen LogP contribution in [0.25, 0.3) is 0 Å². The van der Waals surface area contributed by atoms with Crippen molar-refractivity contribution in [3.63, 3.8) is 0 Å². The summed E-state index contributed by atoms with van der Waals surface area (Å²) in [6, 6.07) is 0. The molecule has 0 saturated carbocycles. The van der Waals surface area contributed by atoms with Gasteiger partial charge in [-0.1, -0.05) is 82.8 Å². The third kappa shape index (κ3) is 28.8. The van der Waals surface area contributed by atoms with Crippen molar-refractivity contribution in [2.75, 3.05) is 0 Å². The summed E-state index contributed by atoms with van der Waals surface area (Å²) in [6.07, 6.45) is -23.5. The Hall–Kier alpha value is -1.74. The Kier molecular flexibility index (Phi) is 37.4. The Bertz CT molecular complexity index is 1840. The summed E-state index contributed by atoms with van der Waals surface area (Å²) < 4.78 is 17.9. The smallest absolute Gasteiger partial charge is 0.111 e. The Labute approximate surface area is 508 Å². The minimum absolute atomic E-state index is 0.0268. The van der Waals surface area contributed by atoms with Gasteiger partial charge in [-0.3, -0.25) is 0 Å². The van der Waals surface area contributed by atoms with Gasteiger partial charge in [-0.25, -0.2) is 0 Å². The minimum atomic E-state index is -2.62. The van der Waals surface area contributed by atoms with Gasteiger partial charge in [0.1, 0.15) is 54.9 Å². The SMILES string of the molecule is C=CCC(C)CCCC/C=C/C(O)CCCCCC[C@@H]1C[C@@H](O)CC(CC(O)CC(O)CC(O)C(O)C(O)C(O)C(O)C(O)C(O)C(O)C(O)C(O)C(O)CC(O)CC(O)C[C@@H]2C[C@@H](O)C[C@@H](CC(O)CC(=C)CC(O)[C@@H]3C[C@@H](O)[C@H](CC)O3)O2)O1. The Morgan fingerprint density at radius 3 is 1.41 bits per heavy atom. The molecule has 24 nitrogen and oxygen atoms in total. The molecule has 0 amide bonds. The molecule has 3 heterocycles. The van der Waals surface area contributed by atoms with E-state index in [9.17, 15) is 107 Å². The normalized spacial score (nSPS) is 29.9. The second-order valence-electron chi connectivity index (χ2n) is 25.5. The molecule has 21 N–H and O–H groups in total. The monoisotopic (exact) mass is 1240 g/mol. The van der Waals surface area contributed by atoms with Crippen molar-refractivity contribution in [2.45, 2.75) is 346 Å². The van der Waals surface area contributed by atoms with E-state index in [1.807, 2.05) is 19.1 Å². The van der Waals surface area contributed by atoms with Crippen molar-refractivity contribution in [1.82, 2.24) is 0 Å². The van der Waals surface area contributed by atoms with Gasteiger partial charge in [0.05, 0.1) is 110 Å². The number of rotatable bonds is 45. The summed E-state index contributed by atoms with van der Waals surface area (Å²) in [6.45, 7) is 11.8. The zero-order valence-electron chi connectivity index (χ0n) is 50.8. The molecular weight excluding hydrogens is 1130 g/mol. The maximum absolute atomic E-state index is 10.8. The van der Waals surface area contributed by atoms with Crippen LogP contribution in [0, 0.1) is 5.92 Å². The molecule has 3 aliphatic heterocycles. The van der Waals surface area contributed by atoms with E-state index < -0.39 is 172 Å². The average molecular weight is 1240 g/mol. The van der Waals surface area contributed by atoms with Crippen LogP contribution in [-0.2, 0) is 14.2 Å². The molecule has 0 aromatic heterocycles. The molecule has 0 spiro atoms. The first-order valence-corrected chi connectivity index (χ1v) is 31.7. The lowest BCUT2D eigenvalue weighted by Gasteiger charge is -2.36. The number of hydrogen-bond donors (Lipinski definition) is 21. The summed E-state index contributed by atoms with van der Waals surface area (Å²) in [5.74, 6) is 0.642. The van der Waals surface area contributed by atoms with E-state index in [-0.39, 0.29) is 76.4 Å². The Morgan fingerprint density at radius 2 is 0.930 bits per heavy atom. The van der Waals surface area contributed by atoms with E-state index in [2.05, 4.69) is 26.2 Å². The van der Waals surface area contributed by atoms with E-state index in [0.717, 1.165) is 51.4 Å². The molecule has 3 rings (SSSR count). The maximum atomic E-state index is 10.8. The first kappa shape index (κ1) is 78.5. The van der Waals surface area contributed by atoms with Crippen LogP contribution in [-0.4, -0.2) is 272 Å². The van der Waals surface area contributed by atoms with Crippen molar-refractivity contribution in [3.8, 4) is 0 Å². The van der Waals surface area contributed by atoms with Crippen molar-refractivity contribution >= 4 is 0 Å². The quantitative estimate of drug-likeness (QED) is 0.0256. The van der Waals surface area contributed by atoms with Gasteiger partial charge in [-0.15, -0.1) is 6.58 Å². The topological polar surface area (TPSA) is 453 Å². The van der Waals surface area contributed by atoms with Crippen molar-refractivity contribution in [2.24, 2.45) is 5.92 Å². The highest BCUT2D eigenvalue weighted by Gasteiger charge is 2.45. The van der Waals surface area contributed by atoms with Gasteiger partial charge >= 0.3 is 0 Å². The number of ether oxygens (including phenoxy) is 3. The zero-order chi connectivity index (χ0) is 64.4. The standard InChI is InChI=1S/C62H114O24/c1-5-15-34(3)16-11-7-8-12-17-36(63)18-13-9-10-14-19-44-24-42(69)28-45(84-44)26-38(65)22-40(67)31-50(73)54(75)56(77)58(79)60(81)62(83)61(82)59(80)57(78)55(76)51(74)32-41(68)23-39(66)27-47-30-43(70)29-46(85-47)25-37(64)20-35(4)21-48(71)53-33-49(72)52(6-2)86-53/h5,12,17,34,36-83H,1,4,6-11,13-16,18-33H2,2-3H3/b17-12+/t34?,36?,37?,38?,39?,40?,41?,42-,43+,44-,45?,46-,47-,48?,49-,50?,51?,52+,53+,54?,55?,56?,57?,58?,59?,60?,61?,62?/m1/s1. The summed E-state index contributed by atoms with van der Waals surface area (Å²) >= 11 is 0. The van der Waals surface area contributed by atoms with Crippen molar-refractivity contribution < 1.29 is 121 Å². The molecular formula is C62H114O24. The molecule has 0 aliphatic carbocycles. The number of allylic oxidation sites excluding steroid dienone is 2. The van der Waals surface area contributed by atoms with Crippen LogP contribution in [0.1, 0.15) is 181 Å². The zero-order valence-corrected chi connectivity index (χ0v) is 50.8. The summed E-state index contributed by atoms with van der Waals surface area (Å²) in [4.78, 5) is 0. The maximum Gasteiger partial charge on any atom is 0.111 e. The molecule has 3 saturated heterocycles. The van der Waals surface area contributed by atoms with Crippen molar-refractivity contribution in [3.05, 3.63) is 37.0 Å². The molecule has 3 aliphatic rings. The first-order chi connectivity index (χ1) is 40.5. The molecule has 28 atom stereocenters. The van der Waals surface area contributed by atoms with Crippen LogP contribution < -0.4 is 0 Å². The molecule has 0 bridgehead atoms. The molecule has 0 aromatic rings. The fourth-order valence-corrected chi connectivity index (χ4v) is 12.3. The van der Waals surface area contributed by atoms with E-state index >= 15 is 0 Å². The minimum Gasteiger partial charge on any atom is -0.393 e. The lowest BCUT2D eigenvalue weighted by molar-refractivity contribution is -0.196. The largest absolute Gasteiger partial charge is 0.393 e. The second kappa shape index (κ2) is 41.0. The van der Waals surface area contributed by atoms with E-state index in [4.69, 9.17) is 14.2 Å². The van der Waals surface area contributed by atoms with Crippen LogP contribution in [0.5, 0.6) is 0 Å². The number of aliphatic hydroxyl groups is 21. The number of aliphatic hydroxyl groups excluding tert-OH is 21. The highest BCUT2D eigenvalue weighted by Crippen LogP contribution is 2.32. The van der Waals surface area contributed by atoms with Crippen LogP contribution in [0.15, 0.2) is 37.0 Å². The van der Waals surface area contributed by atoms with Gasteiger partial charge in [-0.05, 0) is 115 Å². The summed E-state index contributed by atoms with van der Waals surface area (Å²) in [5, 5.41) is 223. The Morgan fingerprint density at radius 1 is 0.488 bits per heavy atom. The summed E-state index contributed by atoms with van der Waals surface area (Å²) in [5.41, 5.74) is 0.547. The lowest BCUT2D eigenvalue weighted by atomic mass is 9.88. The third-order valence-corrected chi connectivity index (χ3v) is 17.3. The van der Waals surface area contributed by atoms with E-state index in [1.54, 1.807) is 0 Å². The number of unbranched alkanes of at least 4 members (excludes halogenated alkanes) is 5. The fraction of sp³-hybridized carbons (Fsp3) is 0.903. The van der Waals surface area contributed by atoms with Crippen LogP contribution in [0.4, 0.5) is 0 Å². The van der Waals surface area contributed by atoms with Crippen LogP contribution >= 0.6 is 0 Å². The molecule has 3 fully saturated rings. The van der Waals surface area contributed by atoms with Gasteiger partial charge in [0.2, 0.25) is 0 Å². The van der Waals surface area contributed by atoms with Gasteiger partial charge in [-0.2, -0.15) is 0 Å². The number of hydrogen-bond acceptors (Lipinski definition) is 24. The molecule has 0 radical (unpaired) electrons. The summed E-state index contributed by atoms with van der Waals surface area (Å²) in [7, 11) is 0.